The van der Waals surface area contributed by atoms with E-state index >= 15 is 0 Å². The monoisotopic (exact) mass is 624 g/mol. The van der Waals surface area contributed by atoms with Crippen LogP contribution in [-0.4, -0.2) is 0 Å². The third kappa shape index (κ3) is 5.32. The fraction of sp³-hybridized carbons (Fsp3) is 0. The third-order valence-corrected chi connectivity index (χ3v) is 9.51. The second kappa shape index (κ2) is 12.3. The molecule has 0 saturated heterocycles. The molecule has 0 saturated carbocycles. The maximum Gasteiger partial charge on any atom is 0.128 e. The number of rotatable bonds is 6. The van der Waals surface area contributed by atoms with Crippen molar-refractivity contribution in [3.05, 3.63) is 194 Å². The van der Waals surface area contributed by atoms with E-state index < -0.39 is 0 Å². The average molecular weight is 625 g/mol. The van der Waals surface area contributed by atoms with E-state index in [9.17, 15) is 0 Å². The Morgan fingerprint density at radius 1 is 0.265 bits per heavy atom. The molecule has 9 aromatic carbocycles. The number of fused-ring (bicyclic) bond motifs is 3. The lowest BCUT2D eigenvalue weighted by molar-refractivity contribution is 0.483. The van der Waals surface area contributed by atoms with Crippen LogP contribution in [0.1, 0.15) is 0 Å². The lowest BCUT2D eigenvalue weighted by Gasteiger charge is -2.20. The molecular weight excluding hydrogens is 593 g/mol. The van der Waals surface area contributed by atoms with E-state index in [1.807, 2.05) is 30.3 Å². The summed E-state index contributed by atoms with van der Waals surface area (Å²) in [5.74, 6) is 1.63. The van der Waals surface area contributed by atoms with Gasteiger partial charge in [-0.1, -0.05) is 164 Å². The fourth-order valence-electron chi connectivity index (χ4n) is 7.22. The van der Waals surface area contributed by atoms with E-state index in [0.29, 0.717) is 0 Å². The normalized spacial score (nSPS) is 11.3. The first-order chi connectivity index (χ1) is 24.3. The van der Waals surface area contributed by atoms with Crippen LogP contribution in [0.4, 0.5) is 0 Å². The molecule has 0 amide bonds. The number of hydrogen-bond donors (Lipinski definition) is 0. The van der Waals surface area contributed by atoms with Crippen LogP contribution in [0.2, 0.25) is 0 Å². The van der Waals surface area contributed by atoms with Crippen molar-refractivity contribution < 1.29 is 4.74 Å². The highest BCUT2D eigenvalue weighted by Gasteiger charge is 2.20. The highest BCUT2D eigenvalue weighted by atomic mass is 16.5. The first-order valence-corrected chi connectivity index (χ1v) is 16.8. The molecule has 9 rings (SSSR count). The van der Waals surface area contributed by atoms with Gasteiger partial charge >= 0.3 is 0 Å². The van der Waals surface area contributed by atoms with Gasteiger partial charge in [0.15, 0.2) is 0 Å². The van der Waals surface area contributed by atoms with Crippen LogP contribution >= 0.6 is 0 Å². The topological polar surface area (TPSA) is 9.23 Å². The summed E-state index contributed by atoms with van der Waals surface area (Å²) in [6.45, 7) is 0. The molecule has 0 aromatic heterocycles. The molecule has 0 aliphatic heterocycles. The Morgan fingerprint density at radius 3 is 1.59 bits per heavy atom. The molecule has 1 nitrogen and oxygen atoms in total. The molecule has 0 aliphatic rings. The first-order valence-electron chi connectivity index (χ1n) is 16.8. The van der Waals surface area contributed by atoms with E-state index in [0.717, 1.165) is 16.9 Å². The summed E-state index contributed by atoms with van der Waals surface area (Å²) in [6.07, 6.45) is 0. The van der Waals surface area contributed by atoms with Crippen molar-refractivity contribution in [3.8, 4) is 56.0 Å². The predicted molar refractivity (Wildman–Crippen MR) is 207 cm³/mol. The summed E-state index contributed by atoms with van der Waals surface area (Å²) >= 11 is 0. The van der Waals surface area contributed by atoms with E-state index in [1.165, 1.54) is 71.4 Å². The number of benzene rings is 9. The zero-order chi connectivity index (χ0) is 32.6. The SMILES string of the molecule is c1ccc(Oc2ccc3c(-c4ccccc4-c4ccc(-c5ccccc5)cc4)c4ccccc4c(-c4ccc5ccccc5c4)c3c2)cc1. The van der Waals surface area contributed by atoms with Crippen molar-refractivity contribution in [2.24, 2.45) is 0 Å². The number of para-hydroxylation sites is 1. The first kappa shape index (κ1) is 28.8. The minimum Gasteiger partial charge on any atom is -0.457 e. The van der Waals surface area contributed by atoms with Gasteiger partial charge in [-0.05, 0) is 107 Å². The van der Waals surface area contributed by atoms with Crippen LogP contribution in [0.15, 0.2) is 194 Å². The smallest absolute Gasteiger partial charge is 0.128 e. The highest BCUT2D eigenvalue weighted by molar-refractivity contribution is 6.23. The van der Waals surface area contributed by atoms with Crippen LogP contribution in [0.25, 0.3) is 76.8 Å². The van der Waals surface area contributed by atoms with Crippen LogP contribution in [0, 0.1) is 0 Å². The molecule has 9 aromatic rings. The third-order valence-electron chi connectivity index (χ3n) is 9.51. The van der Waals surface area contributed by atoms with Gasteiger partial charge in [0.25, 0.3) is 0 Å². The second-order valence-electron chi connectivity index (χ2n) is 12.5. The molecule has 0 unspecified atom stereocenters. The Labute approximate surface area is 286 Å². The lowest BCUT2D eigenvalue weighted by atomic mass is 9.83. The minimum atomic E-state index is 0.812. The summed E-state index contributed by atoms with van der Waals surface area (Å²) in [6, 6.07) is 69.2. The lowest BCUT2D eigenvalue weighted by Crippen LogP contribution is -1.94. The van der Waals surface area contributed by atoms with E-state index in [1.54, 1.807) is 0 Å². The summed E-state index contributed by atoms with van der Waals surface area (Å²) < 4.78 is 6.45. The molecule has 0 aliphatic carbocycles. The molecule has 0 bridgehead atoms. The van der Waals surface area contributed by atoms with Gasteiger partial charge in [-0.25, -0.2) is 0 Å². The molecule has 0 heterocycles. The Bertz CT molecular complexity index is 2600. The van der Waals surface area contributed by atoms with Crippen LogP contribution in [-0.2, 0) is 0 Å². The summed E-state index contributed by atoms with van der Waals surface area (Å²) in [5.41, 5.74) is 9.66. The predicted octanol–water partition coefficient (Wildman–Crippen LogP) is 13.6. The molecule has 0 N–H and O–H groups in total. The Kier molecular flexibility index (Phi) is 7.22. The average Bonchev–Trinajstić information content (AvgIpc) is 3.17. The number of hydrogen-bond acceptors (Lipinski definition) is 1. The quantitative estimate of drug-likeness (QED) is 0.167. The molecule has 230 valence electrons. The van der Waals surface area contributed by atoms with Gasteiger partial charge in [-0.2, -0.15) is 0 Å². The van der Waals surface area contributed by atoms with Crippen molar-refractivity contribution in [1.82, 2.24) is 0 Å². The van der Waals surface area contributed by atoms with Crippen LogP contribution in [0.5, 0.6) is 11.5 Å². The molecule has 0 atom stereocenters. The standard InChI is InChI=1S/C48H32O/c1-3-13-33(14-4-1)35-23-26-36(27-24-35)41-19-9-10-20-42(41)48-44-22-12-11-21-43(44)47(38-28-25-34-15-7-8-16-37(34)31-38)46-32-40(29-30-45(46)48)49-39-17-5-2-6-18-39/h1-32H. The molecule has 0 fully saturated rings. The summed E-state index contributed by atoms with van der Waals surface area (Å²) in [5, 5.41) is 7.25. The van der Waals surface area contributed by atoms with Gasteiger partial charge in [0, 0.05) is 0 Å². The largest absolute Gasteiger partial charge is 0.457 e. The Morgan fingerprint density at radius 2 is 0.816 bits per heavy atom. The summed E-state index contributed by atoms with van der Waals surface area (Å²) in [7, 11) is 0. The van der Waals surface area contributed by atoms with Crippen LogP contribution in [0.3, 0.4) is 0 Å². The summed E-state index contributed by atoms with van der Waals surface area (Å²) in [4.78, 5) is 0. The Balaban J connectivity index is 1.30. The van der Waals surface area contributed by atoms with Crippen LogP contribution < -0.4 is 4.74 Å². The van der Waals surface area contributed by atoms with E-state index in [2.05, 4.69) is 164 Å². The Hall–Kier alpha value is -6.44. The highest BCUT2D eigenvalue weighted by Crippen LogP contribution is 2.47. The molecule has 1 heteroatoms. The fourth-order valence-corrected chi connectivity index (χ4v) is 7.22. The van der Waals surface area contributed by atoms with Crippen molar-refractivity contribution in [1.29, 1.82) is 0 Å². The van der Waals surface area contributed by atoms with Gasteiger partial charge in [0.1, 0.15) is 11.5 Å². The van der Waals surface area contributed by atoms with Crippen molar-refractivity contribution >= 4 is 32.3 Å². The maximum absolute atomic E-state index is 6.45. The van der Waals surface area contributed by atoms with Gasteiger partial charge in [-0.15, -0.1) is 0 Å². The molecular formula is C48H32O. The van der Waals surface area contributed by atoms with Gasteiger partial charge in [0.2, 0.25) is 0 Å². The zero-order valence-corrected chi connectivity index (χ0v) is 26.9. The van der Waals surface area contributed by atoms with Gasteiger partial charge in [-0.3, -0.25) is 0 Å². The molecule has 0 radical (unpaired) electrons. The second-order valence-corrected chi connectivity index (χ2v) is 12.5. The molecule has 49 heavy (non-hydrogen) atoms. The maximum atomic E-state index is 6.45. The number of ether oxygens (including phenoxy) is 1. The van der Waals surface area contributed by atoms with Gasteiger partial charge < -0.3 is 4.74 Å². The van der Waals surface area contributed by atoms with Crippen molar-refractivity contribution in [2.75, 3.05) is 0 Å². The molecule has 0 spiro atoms. The minimum absolute atomic E-state index is 0.812. The zero-order valence-electron chi connectivity index (χ0n) is 26.9. The van der Waals surface area contributed by atoms with E-state index in [-0.39, 0.29) is 0 Å². The van der Waals surface area contributed by atoms with E-state index in [4.69, 9.17) is 4.74 Å². The van der Waals surface area contributed by atoms with Gasteiger partial charge in [0.05, 0.1) is 0 Å². The van der Waals surface area contributed by atoms with Crippen molar-refractivity contribution in [3.63, 3.8) is 0 Å². The van der Waals surface area contributed by atoms with Crippen molar-refractivity contribution in [2.45, 2.75) is 0 Å².